The number of ether oxygens (including phenoxy) is 1. The molecule has 0 aliphatic carbocycles. The molecule has 0 saturated carbocycles. The molecule has 6 heterocycles. The van der Waals surface area contributed by atoms with Gasteiger partial charge in [-0.1, -0.05) is 6.07 Å². The zero-order valence-corrected chi connectivity index (χ0v) is 33.8. The van der Waals surface area contributed by atoms with Gasteiger partial charge in [-0.15, -0.1) is 5.10 Å². The van der Waals surface area contributed by atoms with E-state index in [-0.39, 0.29) is 24.3 Å². The number of hydrogen-bond donors (Lipinski definition) is 4. The van der Waals surface area contributed by atoms with E-state index in [4.69, 9.17) is 4.74 Å². The number of aromatic nitrogens is 4. The molecule has 0 radical (unpaired) electrons. The molecule has 2 aromatic heterocycles. The first kappa shape index (κ1) is 40.4. The quantitative estimate of drug-likeness (QED) is 0.137. The number of halogens is 2. The van der Waals surface area contributed by atoms with E-state index in [1.807, 2.05) is 36.4 Å². The lowest BCUT2D eigenvalue weighted by Gasteiger charge is -2.43. The van der Waals surface area contributed by atoms with E-state index >= 15 is 0 Å². The number of likely N-dealkylation sites (tertiary alicyclic amines) is 1. The predicted octanol–water partition coefficient (Wildman–Crippen LogP) is 5.30. The van der Waals surface area contributed by atoms with Gasteiger partial charge in [0, 0.05) is 107 Å². The van der Waals surface area contributed by atoms with Gasteiger partial charge < -0.3 is 20.3 Å². The predicted molar refractivity (Wildman–Crippen MR) is 227 cm³/mol. The maximum Gasteiger partial charge on any atom is 0.329 e. The fourth-order valence-corrected chi connectivity index (χ4v) is 8.88. The number of piperazine rings is 1. The van der Waals surface area contributed by atoms with Crippen molar-refractivity contribution in [2.75, 3.05) is 79.5 Å². The summed E-state index contributed by atoms with van der Waals surface area (Å²) in [5, 5.41) is 25.8. The molecule has 9 rings (SSSR count). The van der Waals surface area contributed by atoms with Gasteiger partial charge in [0.15, 0.2) is 11.6 Å². The molecule has 0 bridgehead atoms. The Morgan fingerprint density at radius 2 is 1.61 bits per heavy atom. The van der Waals surface area contributed by atoms with Crippen LogP contribution < -0.4 is 25.8 Å². The van der Waals surface area contributed by atoms with E-state index in [9.17, 15) is 23.2 Å². The van der Waals surface area contributed by atoms with Crippen LogP contribution in [-0.4, -0.2) is 119 Å². The first-order chi connectivity index (χ1) is 29.7. The zero-order valence-electron chi connectivity index (χ0n) is 33.8. The van der Waals surface area contributed by atoms with Crippen LogP contribution in [0.25, 0.3) is 10.9 Å². The Hall–Kier alpha value is -6.04. The minimum Gasteiger partial charge on any atom is -0.381 e. The second-order valence-electron chi connectivity index (χ2n) is 16.3. The third-order valence-electron chi connectivity index (χ3n) is 12.2. The van der Waals surface area contributed by atoms with Crippen molar-refractivity contribution in [2.24, 2.45) is 0 Å². The molecular formula is C44H49F2N11O4. The van der Waals surface area contributed by atoms with E-state index in [0.717, 1.165) is 99.2 Å². The third-order valence-corrected chi connectivity index (χ3v) is 12.2. The summed E-state index contributed by atoms with van der Waals surface area (Å²) in [5.41, 5.74) is 5.25. The number of rotatable bonds is 11. The van der Waals surface area contributed by atoms with E-state index in [1.54, 1.807) is 6.07 Å². The molecule has 4 N–H and O–H groups in total. The van der Waals surface area contributed by atoms with Gasteiger partial charge in [-0.3, -0.25) is 34.7 Å². The van der Waals surface area contributed by atoms with Crippen molar-refractivity contribution in [3.63, 3.8) is 0 Å². The van der Waals surface area contributed by atoms with Gasteiger partial charge in [0.25, 0.3) is 5.91 Å². The van der Waals surface area contributed by atoms with E-state index in [1.165, 1.54) is 17.0 Å². The van der Waals surface area contributed by atoms with Crippen LogP contribution in [0, 0.1) is 11.6 Å². The molecule has 4 amide bonds. The molecular weight excluding hydrogens is 785 g/mol. The highest BCUT2D eigenvalue weighted by Gasteiger charge is 2.30. The van der Waals surface area contributed by atoms with Gasteiger partial charge in [-0.05, 0) is 97.8 Å². The Balaban J connectivity index is 0.815. The number of amides is 4. The molecule has 15 nitrogen and oxygen atoms in total. The van der Waals surface area contributed by atoms with Crippen LogP contribution in [0.4, 0.5) is 36.6 Å². The number of nitrogens with zero attached hydrogens (tertiary/aromatic N) is 7. The van der Waals surface area contributed by atoms with Crippen LogP contribution in [0.1, 0.15) is 59.3 Å². The summed E-state index contributed by atoms with van der Waals surface area (Å²) in [7, 11) is 0. The number of fused-ring (bicyclic) bond motifs is 1. The van der Waals surface area contributed by atoms with Crippen molar-refractivity contribution >= 4 is 51.8 Å². The summed E-state index contributed by atoms with van der Waals surface area (Å²) in [6.07, 6.45) is 4.37. The number of anilines is 4. The summed E-state index contributed by atoms with van der Waals surface area (Å²) in [6.45, 7) is 7.87. The smallest absolute Gasteiger partial charge is 0.329 e. The van der Waals surface area contributed by atoms with Crippen LogP contribution >= 0.6 is 0 Å². The van der Waals surface area contributed by atoms with Crippen LogP contribution in [0.3, 0.4) is 0 Å². The average molecular weight is 834 g/mol. The molecule has 4 aliphatic rings. The number of carbonyl (C=O) groups excluding carboxylic acids is 3. The SMILES string of the molecule is O=C1CCN(c2ccc(CN3CCC(N4CCN(c5ccc(C(=O)Nc6n[nH]c7ccc(Cc8cc(F)cc(F)c8)cc67)c(NC6CCOCC6)c5)CC4)CC3)nn2)C(=O)N1. The maximum absolute atomic E-state index is 14.0. The second kappa shape index (κ2) is 17.9. The normalized spacial score (nSPS) is 18.7. The highest BCUT2D eigenvalue weighted by Crippen LogP contribution is 2.30. The molecule has 318 valence electrons. The number of carbonyl (C=O) groups is 3. The van der Waals surface area contributed by atoms with Gasteiger partial charge in [0.05, 0.1) is 16.8 Å². The van der Waals surface area contributed by atoms with Crippen LogP contribution in [0.15, 0.2) is 66.7 Å². The largest absolute Gasteiger partial charge is 0.381 e. The number of imide groups is 1. The summed E-state index contributed by atoms with van der Waals surface area (Å²) >= 11 is 0. The maximum atomic E-state index is 14.0. The van der Waals surface area contributed by atoms with Gasteiger partial charge >= 0.3 is 6.03 Å². The van der Waals surface area contributed by atoms with Crippen molar-refractivity contribution in [1.29, 1.82) is 0 Å². The highest BCUT2D eigenvalue weighted by molar-refractivity contribution is 6.11. The van der Waals surface area contributed by atoms with Gasteiger partial charge in [-0.25, -0.2) is 13.6 Å². The van der Waals surface area contributed by atoms with Crippen molar-refractivity contribution < 1.29 is 27.9 Å². The first-order valence-corrected chi connectivity index (χ1v) is 21.1. The first-order valence-electron chi connectivity index (χ1n) is 21.1. The lowest BCUT2D eigenvalue weighted by molar-refractivity contribution is -0.120. The van der Waals surface area contributed by atoms with Gasteiger partial charge in [0.2, 0.25) is 5.91 Å². The Morgan fingerprint density at radius 3 is 2.34 bits per heavy atom. The second-order valence-corrected chi connectivity index (χ2v) is 16.3. The standard InChI is InChI=1S/C44H49F2N11O4/c45-30-22-29(23-31(46)25-30)21-28-1-5-38-37(24-28)42(53-51-38)49-43(59)36-4-3-35(26-39(36)47-32-10-19-61-20-11-32)56-17-15-55(16-18-56)34-7-12-54(13-8-34)27-33-2-6-40(52-50-33)57-14-9-41(58)48-44(57)60/h1-6,22-26,32,34,47H,7-21,27H2,(H,48,58,60)(H2,49,51,53,59). The van der Waals surface area contributed by atoms with E-state index < -0.39 is 17.7 Å². The lowest BCUT2D eigenvalue weighted by Crippen LogP contribution is -2.53. The lowest BCUT2D eigenvalue weighted by atomic mass is 10.0. The minimum absolute atomic E-state index is 0.168. The average Bonchev–Trinajstić information content (AvgIpc) is 3.65. The summed E-state index contributed by atoms with van der Waals surface area (Å²) in [4.78, 5) is 46.5. The molecule has 0 unspecified atom stereocenters. The molecule has 4 aliphatic heterocycles. The summed E-state index contributed by atoms with van der Waals surface area (Å²) in [5.74, 6) is -1.00. The zero-order chi connectivity index (χ0) is 41.9. The fourth-order valence-electron chi connectivity index (χ4n) is 8.88. The highest BCUT2D eigenvalue weighted by atomic mass is 19.1. The molecule has 3 aromatic carbocycles. The Labute approximate surface area is 351 Å². The molecule has 0 spiro atoms. The molecule has 4 saturated heterocycles. The van der Waals surface area contributed by atoms with Crippen molar-refractivity contribution in [3.05, 3.63) is 101 Å². The number of H-pyrrole nitrogens is 1. The van der Waals surface area contributed by atoms with Crippen molar-refractivity contribution in [1.82, 2.24) is 35.5 Å². The monoisotopic (exact) mass is 833 g/mol. The summed E-state index contributed by atoms with van der Waals surface area (Å²) in [6, 6.07) is 19.0. The number of piperidine rings is 1. The van der Waals surface area contributed by atoms with E-state index in [0.29, 0.717) is 66.9 Å². The number of nitrogens with one attached hydrogen (secondary N) is 4. The third kappa shape index (κ3) is 9.48. The number of benzene rings is 3. The van der Waals surface area contributed by atoms with Crippen LogP contribution in [0.2, 0.25) is 0 Å². The fraction of sp³-hybridized carbons (Fsp3) is 0.409. The molecule has 0 atom stereocenters. The Bertz CT molecular complexity index is 2370. The number of aromatic amines is 1. The number of urea groups is 1. The Kier molecular flexibility index (Phi) is 11.8. The molecule has 4 fully saturated rings. The van der Waals surface area contributed by atoms with E-state index in [2.05, 4.69) is 57.1 Å². The van der Waals surface area contributed by atoms with Crippen LogP contribution in [0.5, 0.6) is 0 Å². The van der Waals surface area contributed by atoms with Crippen molar-refractivity contribution in [2.45, 2.75) is 57.2 Å². The molecule has 17 heteroatoms. The minimum atomic E-state index is -0.624. The van der Waals surface area contributed by atoms with Crippen LogP contribution in [-0.2, 0) is 22.5 Å². The number of hydrogen-bond acceptors (Lipinski definition) is 11. The summed E-state index contributed by atoms with van der Waals surface area (Å²) < 4.78 is 33.4. The topological polar surface area (TPSA) is 164 Å². The van der Waals surface area contributed by atoms with Gasteiger partial charge in [0.1, 0.15) is 11.6 Å². The van der Waals surface area contributed by atoms with Crippen molar-refractivity contribution in [3.8, 4) is 0 Å². The molecule has 5 aromatic rings. The Morgan fingerprint density at radius 1 is 0.820 bits per heavy atom. The van der Waals surface area contributed by atoms with Gasteiger partial charge in [-0.2, -0.15) is 10.2 Å². The molecule has 61 heavy (non-hydrogen) atoms.